The number of likely N-dealkylation sites (tertiary alicyclic amines) is 1. The second-order valence-electron chi connectivity index (χ2n) is 8.93. The Kier molecular flexibility index (Phi) is 8.52. The fraction of sp³-hybridized carbons (Fsp3) is 0.464. The largest absolute Gasteiger partial charge is 0.339 e. The van der Waals surface area contributed by atoms with Crippen molar-refractivity contribution in [3.63, 3.8) is 0 Å². The smallest absolute Gasteiger partial charge is 0.253 e. The summed E-state index contributed by atoms with van der Waals surface area (Å²) in [6, 6.07) is 19.3. The third-order valence-corrected chi connectivity index (χ3v) is 6.72. The van der Waals surface area contributed by atoms with Crippen LogP contribution in [0.1, 0.15) is 51.4 Å². The van der Waals surface area contributed by atoms with Gasteiger partial charge in [0.1, 0.15) is 0 Å². The molecule has 0 N–H and O–H groups in total. The SMILES string of the molecule is C/C=C(\C)CN1CC[C@@H](N(c2ccccc2)c2ccc(C(=O)N(CC)CC)cc2)[C@@H](C)C1. The number of carbonyl (C=O) groups excluding carboxylic acids is 1. The highest BCUT2D eigenvalue weighted by molar-refractivity contribution is 5.94. The zero-order chi connectivity index (χ0) is 23.1. The number of carbonyl (C=O) groups is 1. The monoisotopic (exact) mass is 433 g/mol. The lowest BCUT2D eigenvalue weighted by atomic mass is 9.91. The van der Waals surface area contributed by atoms with E-state index in [0.29, 0.717) is 12.0 Å². The molecule has 3 rings (SSSR count). The first-order valence-electron chi connectivity index (χ1n) is 12.1. The highest BCUT2D eigenvalue weighted by Crippen LogP contribution is 2.34. The molecule has 2 atom stereocenters. The predicted molar refractivity (Wildman–Crippen MR) is 136 cm³/mol. The van der Waals surface area contributed by atoms with Gasteiger partial charge >= 0.3 is 0 Å². The summed E-state index contributed by atoms with van der Waals surface area (Å²) in [6.45, 7) is 15.5. The van der Waals surface area contributed by atoms with Crippen molar-refractivity contribution in [2.75, 3.05) is 37.6 Å². The van der Waals surface area contributed by atoms with Crippen LogP contribution in [0.4, 0.5) is 11.4 Å². The Morgan fingerprint density at radius 3 is 2.22 bits per heavy atom. The molecule has 1 fully saturated rings. The van der Waals surface area contributed by atoms with Gasteiger partial charge in [0, 0.05) is 55.7 Å². The van der Waals surface area contributed by atoms with Crippen LogP contribution in [0.2, 0.25) is 0 Å². The van der Waals surface area contributed by atoms with E-state index in [4.69, 9.17) is 0 Å². The van der Waals surface area contributed by atoms with Gasteiger partial charge in [0.15, 0.2) is 0 Å². The molecule has 32 heavy (non-hydrogen) atoms. The van der Waals surface area contributed by atoms with E-state index >= 15 is 0 Å². The molecular weight excluding hydrogens is 394 g/mol. The maximum atomic E-state index is 12.8. The quantitative estimate of drug-likeness (QED) is 0.479. The summed E-state index contributed by atoms with van der Waals surface area (Å²) in [5.41, 5.74) is 4.56. The third-order valence-electron chi connectivity index (χ3n) is 6.72. The van der Waals surface area contributed by atoms with Crippen molar-refractivity contribution in [3.05, 3.63) is 71.8 Å². The molecule has 2 aromatic carbocycles. The lowest BCUT2D eigenvalue weighted by Crippen LogP contribution is -2.49. The average molecular weight is 434 g/mol. The van der Waals surface area contributed by atoms with Crippen LogP contribution in [0.3, 0.4) is 0 Å². The molecule has 0 saturated carbocycles. The first-order chi connectivity index (χ1) is 15.5. The zero-order valence-electron chi connectivity index (χ0n) is 20.4. The summed E-state index contributed by atoms with van der Waals surface area (Å²) >= 11 is 0. The van der Waals surface area contributed by atoms with E-state index in [1.165, 1.54) is 11.3 Å². The number of piperidine rings is 1. The van der Waals surface area contributed by atoms with Gasteiger partial charge in [-0.2, -0.15) is 0 Å². The summed E-state index contributed by atoms with van der Waals surface area (Å²) in [6.07, 6.45) is 3.33. The van der Waals surface area contributed by atoms with E-state index in [-0.39, 0.29) is 5.91 Å². The van der Waals surface area contributed by atoms with Crippen molar-refractivity contribution in [3.8, 4) is 0 Å². The number of hydrogen-bond donors (Lipinski definition) is 0. The van der Waals surface area contributed by atoms with Crippen molar-refractivity contribution in [1.82, 2.24) is 9.80 Å². The van der Waals surface area contributed by atoms with Crippen molar-refractivity contribution in [2.45, 2.75) is 47.1 Å². The summed E-state index contributed by atoms with van der Waals surface area (Å²) in [4.78, 5) is 19.7. The molecule has 4 nitrogen and oxygen atoms in total. The van der Waals surface area contributed by atoms with Gasteiger partial charge in [0.05, 0.1) is 0 Å². The highest BCUT2D eigenvalue weighted by atomic mass is 16.2. The molecule has 1 aliphatic rings. The molecule has 0 spiro atoms. The maximum Gasteiger partial charge on any atom is 0.253 e. The van der Waals surface area contributed by atoms with E-state index in [1.54, 1.807) is 0 Å². The van der Waals surface area contributed by atoms with Crippen molar-refractivity contribution in [1.29, 1.82) is 0 Å². The molecule has 0 aliphatic carbocycles. The van der Waals surface area contributed by atoms with Crippen molar-refractivity contribution in [2.24, 2.45) is 5.92 Å². The van der Waals surface area contributed by atoms with Gasteiger partial charge in [-0.25, -0.2) is 0 Å². The fourth-order valence-corrected chi connectivity index (χ4v) is 4.77. The van der Waals surface area contributed by atoms with Crippen LogP contribution >= 0.6 is 0 Å². The van der Waals surface area contributed by atoms with E-state index in [9.17, 15) is 4.79 Å². The summed E-state index contributed by atoms with van der Waals surface area (Å²) < 4.78 is 0. The number of benzene rings is 2. The molecule has 0 radical (unpaired) electrons. The van der Waals surface area contributed by atoms with Crippen LogP contribution in [0, 0.1) is 5.92 Å². The van der Waals surface area contributed by atoms with Crippen LogP contribution in [0.15, 0.2) is 66.2 Å². The Morgan fingerprint density at radius 2 is 1.66 bits per heavy atom. The lowest BCUT2D eigenvalue weighted by molar-refractivity contribution is 0.0773. The molecule has 0 bridgehead atoms. The summed E-state index contributed by atoms with van der Waals surface area (Å²) in [5, 5.41) is 0. The fourth-order valence-electron chi connectivity index (χ4n) is 4.77. The molecular formula is C28H39N3O. The van der Waals surface area contributed by atoms with E-state index in [1.807, 2.05) is 30.9 Å². The Bertz CT molecular complexity index is 887. The molecule has 0 unspecified atom stereocenters. The van der Waals surface area contributed by atoms with E-state index < -0.39 is 0 Å². The number of hydrogen-bond acceptors (Lipinski definition) is 3. The molecule has 1 saturated heterocycles. The van der Waals surface area contributed by atoms with Gasteiger partial charge in [-0.1, -0.05) is 36.8 Å². The lowest BCUT2D eigenvalue weighted by Gasteiger charge is -2.44. The second kappa shape index (κ2) is 11.3. The van der Waals surface area contributed by atoms with Gasteiger partial charge < -0.3 is 9.80 Å². The topological polar surface area (TPSA) is 26.8 Å². The minimum atomic E-state index is 0.105. The summed E-state index contributed by atoms with van der Waals surface area (Å²) in [7, 11) is 0. The van der Waals surface area contributed by atoms with Gasteiger partial charge in [-0.15, -0.1) is 0 Å². The first-order valence-corrected chi connectivity index (χ1v) is 12.1. The average Bonchev–Trinajstić information content (AvgIpc) is 2.82. The number of nitrogens with zero attached hydrogens (tertiary/aromatic N) is 3. The third kappa shape index (κ3) is 5.60. The van der Waals surface area contributed by atoms with Crippen LogP contribution in [0.5, 0.6) is 0 Å². The van der Waals surface area contributed by atoms with Crippen molar-refractivity contribution < 1.29 is 4.79 Å². The molecule has 1 heterocycles. The molecule has 0 aromatic heterocycles. The minimum absolute atomic E-state index is 0.105. The Balaban J connectivity index is 1.86. The number of anilines is 2. The maximum absolute atomic E-state index is 12.8. The van der Waals surface area contributed by atoms with Crippen LogP contribution < -0.4 is 4.90 Å². The van der Waals surface area contributed by atoms with E-state index in [0.717, 1.165) is 50.4 Å². The second-order valence-corrected chi connectivity index (χ2v) is 8.93. The normalized spacial score (nSPS) is 19.6. The highest BCUT2D eigenvalue weighted by Gasteiger charge is 2.31. The molecule has 172 valence electrons. The van der Waals surface area contributed by atoms with Gasteiger partial charge in [-0.05, 0) is 76.4 Å². The number of para-hydroxylation sites is 1. The molecule has 2 aromatic rings. The summed E-state index contributed by atoms with van der Waals surface area (Å²) in [5.74, 6) is 0.638. The van der Waals surface area contributed by atoms with Gasteiger partial charge in [0.25, 0.3) is 5.91 Å². The number of allylic oxidation sites excluding steroid dienone is 1. The van der Waals surface area contributed by atoms with Gasteiger partial charge in [-0.3, -0.25) is 9.69 Å². The van der Waals surface area contributed by atoms with Crippen LogP contribution in [0.25, 0.3) is 0 Å². The molecule has 4 heteroatoms. The predicted octanol–water partition coefficient (Wildman–Crippen LogP) is 5.98. The Morgan fingerprint density at radius 1 is 1.03 bits per heavy atom. The Labute approximate surface area is 194 Å². The van der Waals surface area contributed by atoms with Crippen LogP contribution in [-0.4, -0.2) is 54.5 Å². The minimum Gasteiger partial charge on any atom is -0.339 e. The zero-order valence-corrected chi connectivity index (χ0v) is 20.4. The first kappa shape index (κ1) is 24.1. The molecule has 1 aliphatic heterocycles. The standard InChI is InChI=1S/C28H39N3O/c1-6-22(4)20-29-19-18-27(23(5)21-29)31(25-12-10-9-11-13-25)26-16-14-24(15-17-26)28(32)30(7-2)8-3/h6,9-17,23,27H,7-8,18-21H2,1-5H3/b22-6+/t23-,27+/m0/s1. The van der Waals surface area contributed by atoms with Crippen LogP contribution in [-0.2, 0) is 0 Å². The number of amides is 1. The van der Waals surface area contributed by atoms with E-state index in [2.05, 4.69) is 79.1 Å². The van der Waals surface area contributed by atoms with Gasteiger partial charge in [0.2, 0.25) is 0 Å². The molecule has 1 amide bonds. The number of rotatable bonds is 8. The van der Waals surface area contributed by atoms with Crippen molar-refractivity contribution >= 4 is 17.3 Å². The Hall–Kier alpha value is -2.59.